The molecule has 0 saturated carbocycles. The van der Waals surface area contributed by atoms with Crippen molar-refractivity contribution in [2.24, 2.45) is 0 Å². The summed E-state index contributed by atoms with van der Waals surface area (Å²) in [4.78, 5) is 16.6. The average Bonchev–Trinajstić information content (AvgIpc) is 3.14. The minimum atomic E-state index is -3.76. The molecule has 1 N–H and O–H groups in total. The van der Waals surface area contributed by atoms with Gasteiger partial charge in [0, 0.05) is 13.1 Å². The molecule has 1 amide bonds. The maximum atomic E-state index is 12.9. The summed E-state index contributed by atoms with van der Waals surface area (Å²) >= 11 is 12.0. The standard InChI is InChI=1S/C18H23Cl2N3O4S/c1-21-28(25,26)17-8-7-16(27-17)18(24)23(10-4-9-22(2)3)12-13-5-6-14(19)15(20)11-13/h5-8,11,21H,4,9-10,12H2,1-3H3. The molecule has 0 spiro atoms. The van der Waals surface area contributed by atoms with Gasteiger partial charge in [-0.1, -0.05) is 29.3 Å². The van der Waals surface area contributed by atoms with E-state index < -0.39 is 15.9 Å². The van der Waals surface area contributed by atoms with E-state index in [0.717, 1.165) is 18.5 Å². The number of rotatable bonds is 9. The largest absolute Gasteiger partial charge is 0.438 e. The summed E-state index contributed by atoms with van der Waals surface area (Å²) < 4.78 is 31.2. The van der Waals surface area contributed by atoms with Crippen LogP contribution in [0, 0.1) is 0 Å². The predicted octanol–water partition coefficient (Wildman–Crippen LogP) is 3.09. The minimum Gasteiger partial charge on any atom is -0.438 e. The van der Waals surface area contributed by atoms with Crippen molar-refractivity contribution in [1.82, 2.24) is 14.5 Å². The van der Waals surface area contributed by atoms with Crippen molar-refractivity contribution in [3.63, 3.8) is 0 Å². The van der Waals surface area contributed by atoms with Gasteiger partial charge < -0.3 is 14.2 Å². The predicted molar refractivity (Wildman–Crippen MR) is 109 cm³/mol. The van der Waals surface area contributed by atoms with Gasteiger partial charge in [-0.05, 0) is 63.9 Å². The van der Waals surface area contributed by atoms with Crippen molar-refractivity contribution in [3.05, 3.63) is 51.7 Å². The number of nitrogens with one attached hydrogen (secondary N) is 1. The second-order valence-electron chi connectivity index (χ2n) is 6.46. The molecule has 0 bridgehead atoms. The number of furan rings is 1. The number of carbonyl (C=O) groups is 1. The number of amides is 1. The molecule has 0 aliphatic rings. The van der Waals surface area contributed by atoms with E-state index in [2.05, 4.69) is 4.72 Å². The molecule has 0 unspecified atom stereocenters. The van der Waals surface area contributed by atoms with Crippen molar-refractivity contribution in [2.75, 3.05) is 34.2 Å². The summed E-state index contributed by atoms with van der Waals surface area (Å²) in [7, 11) is 1.42. The van der Waals surface area contributed by atoms with E-state index in [1.54, 1.807) is 23.1 Å². The molecule has 0 radical (unpaired) electrons. The normalized spacial score (nSPS) is 11.8. The van der Waals surface area contributed by atoms with E-state index in [9.17, 15) is 13.2 Å². The molecule has 2 rings (SSSR count). The lowest BCUT2D eigenvalue weighted by Gasteiger charge is -2.23. The van der Waals surface area contributed by atoms with E-state index in [0.29, 0.717) is 16.6 Å². The number of hydrogen-bond donors (Lipinski definition) is 1. The molecule has 0 atom stereocenters. The zero-order valence-corrected chi connectivity index (χ0v) is 18.2. The van der Waals surface area contributed by atoms with Gasteiger partial charge in [0.15, 0.2) is 5.76 Å². The van der Waals surface area contributed by atoms with E-state index in [4.69, 9.17) is 27.6 Å². The third-order valence-electron chi connectivity index (χ3n) is 4.00. The molecular weight excluding hydrogens is 425 g/mol. The Morgan fingerprint density at radius 3 is 2.43 bits per heavy atom. The van der Waals surface area contributed by atoms with Gasteiger partial charge in [0.2, 0.25) is 5.09 Å². The molecule has 28 heavy (non-hydrogen) atoms. The minimum absolute atomic E-state index is 0.0428. The first-order valence-electron chi connectivity index (χ1n) is 8.55. The molecule has 10 heteroatoms. The smallest absolute Gasteiger partial charge is 0.289 e. The summed E-state index contributed by atoms with van der Waals surface area (Å²) in [5.41, 5.74) is 0.808. The summed E-state index contributed by atoms with van der Waals surface area (Å²) in [6.45, 7) is 1.55. The van der Waals surface area contributed by atoms with Gasteiger partial charge in [0.25, 0.3) is 15.9 Å². The number of benzene rings is 1. The van der Waals surface area contributed by atoms with E-state index in [1.807, 2.05) is 19.0 Å². The van der Waals surface area contributed by atoms with Crippen LogP contribution in [0.2, 0.25) is 10.0 Å². The molecule has 0 fully saturated rings. The van der Waals surface area contributed by atoms with Crippen LogP contribution < -0.4 is 4.72 Å². The molecule has 0 aliphatic carbocycles. The SMILES string of the molecule is CNS(=O)(=O)c1ccc(C(=O)N(CCCN(C)C)Cc2ccc(Cl)c(Cl)c2)o1. The third-order valence-corrected chi connectivity index (χ3v) is 6.03. The van der Waals surface area contributed by atoms with Gasteiger partial charge >= 0.3 is 0 Å². The monoisotopic (exact) mass is 447 g/mol. The number of sulfonamides is 1. The van der Waals surface area contributed by atoms with Crippen LogP contribution in [-0.4, -0.2) is 58.4 Å². The number of nitrogens with zero attached hydrogens (tertiary/aromatic N) is 2. The van der Waals surface area contributed by atoms with Crippen molar-refractivity contribution in [1.29, 1.82) is 0 Å². The van der Waals surface area contributed by atoms with Crippen LogP contribution in [0.25, 0.3) is 0 Å². The fraction of sp³-hybridized carbons (Fsp3) is 0.389. The summed E-state index contributed by atoms with van der Waals surface area (Å²) in [6, 6.07) is 7.79. The molecular formula is C18H23Cl2N3O4S. The van der Waals surface area contributed by atoms with Crippen molar-refractivity contribution in [2.45, 2.75) is 18.1 Å². The Bertz CT molecular complexity index is 929. The molecule has 1 heterocycles. The van der Waals surface area contributed by atoms with Crippen molar-refractivity contribution < 1.29 is 17.6 Å². The highest BCUT2D eigenvalue weighted by Gasteiger charge is 2.23. The van der Waals surface area contributed by atoms with Gasteiger partial charge in [-0.2, -0.15) is 0 Å². The fourth-order valence-electron chi connectivity index (χ4n) is 2.52. The van der Waals surface area contributed by atoms with Gasteiger partial charge in [-0.25, -0.2) is 13.1 Å². The van der Waals surface area contributed by atoms with Crippen LogP contribution in [0.3, 0.4) is 0 Å². The highest BCUT2D eigenvalue weighted by molar-refractivity contribution is 7.89. The van der Waals surface area contributed by atoms with Crippen LogP contribution in [0.4, 0.5) is 0 Å². The van der Waals surface area contributed by atoms with Crippen LogP contribution in [-0.2, 0) is 16.6 Å². The first-order chi connectivity index (χ1) is 13.1. The third kappa shape index (κ3) is 5.96. The second-order valence-corrected chi connectivity index (χ2v) is 9.09. The Balaban J connectivity index is 2.24. The van der Waals surface area contributed by atoms with Gasteiger partial charge in [0.05, 0.1) is 10.0 Å². The fourth-order valence-corrected chi connectivity index (χ4v) is 3.49. The maximum absolute atomic E-state index is 12.9. The summed E-state index contributed by atoms with van der Waals surface area (Å²) in [5, 5.41) is 0.533. The lowest BCUT2D eigenvalue weighted by atomic mass is 10.2. The lowest BCUT2D eigenvalue weighted by Crippen LogP contribution is -2.33. The van der Waals surface area contributed by atoms with Crippen LogP contribution in [0.1, 0.15) is 22.5 Å². The summed E-state index contributed by atoms with van der Waals surface area (Å²) in [6.07, 6.45) is 0.739. The first-order valence-corrected chi connectivity index (χ1v) is 10.8. The van der Waals surface area contributed by atoms with Gasteiger partial charge in [0.1, 0.15) is 0 Å². The lowest BCUT2D eigenvalue weighted by molar-refractivity contribution is 0.0699. The van der Waals surface area contributed by atoms with Crippen LogP contribution in [0.5, 0.6) is 0 Å². The molecule has 1 aromatic carbocycles. The Labute approximate surface area is 175 Å². The van der Waals surface area contributed by atoms with Crippen molar-refractivity contribution >= 4 is 39.1 Å². The molecule has 2 aromatic rings. The van der Waals surface area contributed by atoms with Crippen LogP contribution in [0.15, 0.2) is 39.8 Å². The molecule has 0 aliphatic heterocycles. The van der Waals surface area contributed by atoms with Gasteiger partial charge in [-0.3, -0.25) is 4.79 Å². The molecule has 154 valence electrons. The average molecular weight is 448 g/mol. The quantitative estimate of drug-likeness (QED) is 0.638. The van der Waals surface area contributed by atoms with Gasteiger partial charge in [-0.15, -0.1) is 0 Å². The highest BCUT2D eigenvalue weighted by atomic mass is 35.5. The van der Waals surface area contributed by atoms with Crippen molar-refractivity contribution in [3.8, 4) is 0 Å². The topological polar surface area (TPSA) is 82.9 Å². The molecule has 1 aromatic heterocycles. The Morgan fingerprint density at radius 2 is 1.82 bits per heavy atom. The number of carbonyl (C=O) groups excluding carboxylic acids is 1. The Hall–Kier alpha value is -1.58. The highest BCUT2D eigenvalue weighted by Crippen LogP contribution is 2.24. The van der Waals surface area contributed by atoms with E-state index >= 15 is 0 Å². The maximum Gasteiger partial charge on any atom is 0.289 e. The zero-order chi connectivity index (χ0) is 20.9. The Kier molecular flexibility index (Phi) is 7.91. The van der Waals surface area contributed by atoms with E-state index in [1.165, 1.54) is 19.2 Å². The second kappa shape index (κ2) is 9.76. The molecule has 0 saturated heterocycles. The number of hydrogen-bond acceptors (Lipinski definition) is 5. The Morgan fingerprint density at radius 1 is 1.11 bits per heavy atom. The first kappa shape index (κ1) is 22.7. The number of halogens is 2. The van der Waals surface area contributed by atoms with E-state index in [-0.39, 0.29) is 17.4 Å². The molecule has 7 nitrogen and oxygen atoms in total. The van der Waals surface area contributed by atoms with Crippen LogP contribution >= 0.6 is 23.2 Å². The zero-order valence-electron chi connectivity index (χ0n) is 15.9. The summed E-state index contributed by atoms with van der Waals surface area (Å²) in [5.74, 6) is -0.443.